The number of hydrogen-bond acceptors (Lipinski definition) is 5. The van der Waals surface area contributed by atoms with Crippen molar-refractivity contribution in [2.75, 3.05) is 19.0 Å². The Labute approximate surface area is 173 Å². The number of ether oxygens (including phenoxy) is 2. The predicted octanol–water partition coefficient (Wildman–Crippen LogP) is 3.96. The zero-order valence-corrected chi connectivity index (χ0v) is 16.8. The van der Waals surface area contributed by atoms with Crippen LogP contribution in [0.2, 0.25) is 5.02 Å². The lowest BCUT2D eigenvalue weighted by Crippen LogP contribution is -2.20. The fourth-order valence-corrected chi connectivity index (χ4v) is 3.53. The molecule has 0 fully saturated rings. The van der Waals surface area contributed by atoms with Crippen LogP contribution in [0.5, 0.6) is 11.5 Å². The molecule has 2 aromatic carbocycles. The van der Waals surface area contributed by atoms with E-state index in [4.69, 9.17) is 21.1 Å². The summed E-state index contributed by atoms with van der Waals surface area (Å²) in [7, 11) is 1.53. The van der Waals surface area contributed by atoms with Crippen LogP contribution in [0.15, 0.2) is 42.5 Å². The van der Waals surface area contributed by atoms with Crippen molar-refractivity contribution in [3.8, 4) is 22.9 Å². The van der Waals surface area contributed by atoms with E-state index in [1.165, 1.54) is 7.11 Å². The Bertz CT molecular complexity index is 1030. The number of carbonyl (C=O) groups is 1. The first-order valence-corrected chi connectivity index (χ1v) is 9.80. The highest BCUT2D eigenvalue weighted by atomic mass is 35.5. The number of anilines is 1. The molecule has 1 aliphatic heterocycles. The van der Waals surface area contributed by atoms with E-state index in [0.717, 1.165) is 43.0 Å². The second-order valence-electron chi connectivity index (χ2n) is 6.76. The molecule has 0 atom stereocenters. The van der Waals surface area contributed by atoms with Crippen molar-refractivity contribution in [3.05, 3.63) is 53.3 Å². The second-order valence-corrected chi connectivity index (χ2v) is 7.19. The van der Waals surface area contributed by atoms with Gasteiger partial charge < -0.3 is 19.4 Å². The number of aryl methyl sites for hydroxylation is 1. The molecule has 4 rings (SSSR count). The molecule has 0 radical (unpaired) electrons. The summed E-state index contributed by atoms with van der Waals surface area (Å²) in [5, 5.41) is 11.9. The van der Waals surface area contributed by atoms with Crippen molar-refractivity contribution >= 4 is 23.2 Å². The first-order valence-electron chi connectivity index (χ1n) is 9.43. The number of methoxy groups -OCH3 is 1. The molecule has 1 amide bonds. The molecule has 0 saturated heterocycles. The Balaban J connectivity index is 1.43. The lowest BCUT2D eigenvalue weighted by Gasteiger charge is -2.15. The molecule has 0 bridgehead atoms. The zero-order valence-electron chi connectivity index (χ0n) is 16.0. The molecule has 3 aromatic rings. The third-order valence-electron chi connectivity index (χ3n) is 4.76. The van der Waals surface area contributed by atoms with Crippen molar-refractivity contribution < 1.29 is 14.3 Å². The van der Waals surface area contributed by atoms with Gasteiger partial charge in [-0.15, -0.1) is 10.2 Å². The van der Waals surface area contributed by atoms with Crippen LogP contribution in [0, 0.1) is 0 Å². The summed E-state index contributed by atoms with van der Waals surface area (Å²) < 4.78 is 13.1. The molecule has 2 heterocycles. The summed E-state index contributed by atoms with van der Waals surface area (Å²) in [6.07, 6.45) is 3.23. The van der Waals surface area contributed by atoms with Gasteiger partial charge in [-0.2, -0.15) is 0 Å². The number of fused-ring (bicyclic) bond motifs is 1. The third kappa shape index (κ3) is 4.35. The number of amides is 1. The molecule has 1 aromatic heterocycles. The largest absolute Gasteiger partial charge is 0.495 e. The molecule has 1 N–H and O–H groups in total. The Morgan fingerprint density at radius 1 is 1.21 bits per heavy atom. The summed E-state index contributed by atoms with van der Waals surface area (Å²) in [5.74, 6) is 2.66. The highest BCUT2D eigenvalue weighted by Crippen LogP contribution is 2.28. The van der Waals surface area contributed by atoms with E-state index in [9.17, 15) is 4.79 Å². The zero-order chi connectivity index (χ0) is 20.2. The van der Waals surface area contributed by atoms with E-state index in [1.54, 1.807) is 18.2 Å². The van der Waals surface area contributed by atoms with Gasteiger partial charge in [0.05, 0.1) is 12.8 Å². The Kier molecular flexibility index (Phi) is 5.67. The minimum atomic E-state index is -0.309. The number of aromatic nitrogens is 3. The number of benzene rings is 2. The van der Waals surface area contributed by atoms with Gasteiger partial charge in [0.15, 0.2) is 12.4 Å². The normalized spacial score (nSPS) is 12.9. The van der Waals surface area contributed by atoms with E-state index in [1.807, 2.05) is 24.3 Å². The monoisotopic (exact) mass is 412 g/mol. The molecular weight excluding hydrogens is 392 g/mol. The molecule has 0 unspecified atom stereocenters. The molecular formula is C21H21ClN4O3. The maximum Gasteiger partial charge on any atom is 0.262 e. The summed E-state index contributed by atoms with van der Waals surface area (Å²) in [4.78, 5) is 12.3. The lowest BCUT2D eigenvalue weighted by molar-refractivity contribution is -0.118. The van der Waals surface area contributed by atoms with Gasteiger partial charge in [0.2, 0.25) is 0 Å². The topological polar surface area (TPSA) is 78.3 Å². The van der Waals surface area contributed by atoms with Gasteiger partial charge in [0, 0.05) is 23.6 Å². The molecule has 1 aliphatic rings. The SMILES string of the molecule is COc1ccc(Cl)cc1NC(=O)COc1cccc(-c2nnc3n2CCCC3)c1. The first kappa shape index (κ1) is 19.3. The van der Waals surface area contributed by atoms with Crippen molar-refractivity contribution in [1.29, 1.82) is 0 Å². The summed E-state index contributed by atoms with van der Waals surface area (Å²) in [6.45, 7) is 0.781. The number of hydrogen-bond donors (Lipinski definition) is 1. The fraction of sp³-hybridized carbons (Fsp3) is 0.286. The van der Waals surface area contributed by atoms with E-state index < -0.39 is 0 Å². The average Bonchev–Trinajstić information content (AvgIpc) is 3.17. The molecule has 0 spiro atoms. The van der Waals surface area contributed by atoms with Crippen molar-refractivity contribution in [2.24, 2.45) is 0 Å². The van der Waals surface area contributed by atoms with Crippen LogP contribution in [-0.2, 0) is 17.8 Å². The average molecular weight is 413 g/mol. The predicted molar refractivity (Wildman–Crippen MR) is 111 cm³/mol. The van der Waals surface area contributed by atoms with Crippen LogP contribution in [0.1, 0.15) is 18.7 Å². The minimum absolute atomic E-state index is 0.142. The number of halogens is 1. The van der Waals surface area contributed by atoms with Crippen LogP contribution in [0.25, 0.3) is 11.4 Å². The van der Waals surface area contributed by atoms with Crippen LogP contribution >= 0.6 is 11.6 Å². The smallest absolute Gasteiger partial charge is 0.262 e. The van der Waals surface area contributed by atoms with Gasteiger partial charge in [-0.05, 0) is 43.2 Å². The maximum atomic E-state index is 12.3. The van der Waals surface area contributed by atoms with Crippen LogP contribution in [-0.4, -0.2) is 34.4 Å². The van der Waals surface area contributed by atoms with Crippen LogP contribution < -0.4 is 14.8 Å². The second kappa shape index (κ2) is 8.53. The molecule has 0 aliphatic carbocycles. The van der Waals surface area contributed by atoms with E-state index >= 15 is 0 Å². The van der Waals surface area contributed by atoms with E-state index in [0.29, 0.717) is 22.2 Å². The quantitative estimate of drug-likeness (QED) is 0.663. The highest BCUT2D eigenvalue weighted by Gasteiger charge is 2.17. The van der Waals surface area contributed by atoms with Gasteiger partial charge in [-0.3, -0.25) is 4.79 Å². The van der Waals surface area contributed by atoms with Crippen LogP contribution in [0.4, 0.5) is 5.69 Å². The summed E-state index contributed by atoms with van der Waals surface area (Å²) in [6, 6.07) is 12.6. The molecule has 0 saturated carbocycles. The van der Waals surface area contributed by atoms with Crippen molar-refractivity contribution in [1.82, 2.24) is 14.8 Å². The molecule has 29 heavy (non-hydrogen) atoms. The Morgan fingerprint density at radius 2 is 2.10 bits per heavy atom. The van der Waals surface area contributed by atoms with E-state index in [2.05, 4.69) is 20.1 Å². The Hall–Kier alpha value is -3.06. The minimum Gasteiger partial charge on any atom is -0.495 e. The van der Waals surface area contributed by atoms with Gasteiger partial charge >= 0.3 is 0 Å². The number of nitrogens with one attached hydrogen (secondary N) is 1. The number of carbonyl (C=O) groups excluding carboxylic acids is 1. The Morgan fingerprint density at radius 3 is 2.97 bits per heavy atom. The van der Waals surface area contributed by atoms with Crippen LogP contribution in [0.3, 0.4) is 0 Å². The van der Waals surface area contributed by atoms with Gasteiger partial charge in [0.25, 0.3) is 5.91 Å². The number of rotatable bonds is 6. The summed E-state index contributed by atoms with van der Waals surface area (Å²) in [5.41, 5.74) is 1.41. The molecule has 150 valence electrons. The van der Waals surface area contributed by atoms with Crippen molar-refractivity contribution in [2.45, 2.75) is 25.8 Å². The first-order chi connectivity index (χ1) is 14.1. The third-order valence-corrected chi connectivity index (χ3v) is 4.99. The van der Waals surface area contributed by atoms with Gasteiger partial charge in [-0.25, -0.2) is 0 Å². The molecule has 8 heteroatoms. The number of nitrogens with zero attached hydrogens (tertiary/aromatic N) is 3. The molecule has 7 nitrogen and oxygen atoms in total. The maximum absolute atomic E-state index is 12.3. The summed E-state index contributed by atoms with van der Waals surface area (Å²) >= 11 is 6.00. The van der Waals surface area contributed by atoms with E-state index in [-0.39, 0.29) is 12.5 Å². The standard InChI is InChI=1S/C21H21ClN4O3/c1-28-18-9-8-15(22)12-17(18)23-20(27)13-29-16-6-4-5-14(11-16)21-25-24-19-7-2-3-10-26(19)21/h4-6,8-9,11-12H,2-3,7,10,13H2,1H3,(H,23,27). The fourth-order valence-electron chi connectivity index (χ4n) is 3.36. The lowest BCUT2D eigenvalue weighted by atomic mass is 10.1. The van der Waals surface area contributed by atoms with Gasteiger partial charge in [-0.1, -0.05) is 23.7 Å². The van der Waals surface area contributed by atoms with Crippen molar-refractivity contribution in [3.63, 3.8) is 0 Å². The highest BCUT2D eigenvalue weighted by molar-refractivity contribution is 6.31. The van der Waals surface area contributed by atoms with Gasteiger partial charge in [0.1, 0.15) is 17.3 Å².